The van der Waals surface area contributed by atoms with E-state index in [1.165, 1.54) is 0 Å². The number of methoxy groups -OCH3 is 1. The largest absolute Gasteiger partial charge is 0.504 e. The smallest absolute Gasteiger partial charge is 0.160 e. The number of hydrogen-bond donors (Lipinski definition) is 2. The number of benzene rings is 1. The average molecular weight is 252 g/mol. The zero-order valence-electron chi connectivity index (χ0n) is 11.7. The highest BCUT2D eigenvalue weighted by Gasteiger charge is 2.25. The van der Waals surface area contributed by atoms with Crippen molar-refractivity contribution < 1.29 is 9.84 Å². The van der Waals surface area contributed by atoms with E-state index in [1.54, 1.807) is 13.2 Å². The molecule has 0 aliphatic carbocycles. The fraction of sp³-hybridized carbons (Fsp3) is 0.571. The van der Waals surface area contributed by atoms with Crippen LogP contribution in [0, 0.1) is 0 Å². The lowest BCUT2D eigenvalue weighted by atomic mass is 10.00. The summed E-state index contributed by atoms with van der Waals surface area (Å²) in [7, 11) is 1.55. The number of hydrogen-bond acceptors (Lipinski definition) is 4. The van der Waals surface area contributed by atoms with Crippen LogP contribution in [0.15, 0.2) is 18.2 Å². The SMILES string of the molecule is CCN(CC)C(C)(N)Cc1ccc(O)c(OC)c1. The average Bonchev–Trinajstić information content (AvgIpc) is 2.32. The van der Waals surface area contributed by atoms with Crippen LogP contribution < -0.4 is 10.5 Å². The standard InChI is InChI=1S/C14H24N2O2/c1-5-16(6-2)14(3,15)10-11-7-8-12(17)13(9-11)18-4/h7-9,17H,5-6,10,15H2,1-4H3. The number of likely N-dealkylation sites (N-methyl/N-ethyl adjacent to an activating group) is 1. The van der Waals surface area contributed by atoms with E-state index in [-0.39, 0.29) is 5.75 Å². The van der Waals surface area contributed by atoms with Gasteiger partial charge in [-0.15, -0.1) is 0 Å². The molecule has 0 amide bonds. The van der Waals surface area contributed by atoms with Gasteiger partial charge in [-0.1, -0.05) is 19.9 Å². The number of nitrogens with zero attached hydrogens (tertiary/aromatic N) is 1. The van der Waals surface area contributed by atoms with E-state index in [2.05, 4.69) is 18.7 Å². The molecule has 0 aliphatic rings. The summed E-state index contributed by atoms with van der Waals surface area (Å²) in [5.74, 6) is 0.644. The highest BCUT2D eigenvalue weighted by molar-refractivity contribution is 5.42. The minimum atomic E-state index is -0.397. The zero-order valence-corrected chi connectivity index (χ0v) is 11.7. The number of ether oxygens (including phenoxy) is 1. The summed E-state index contributed by atoms with van der Waals surface area (Å²) in [6, 6.07) is 5.36. The van der Waals surface area contributed by atoms with Crippen LogP contribution in [0.25, 0.3) is 0 Å². The molecule has 1 rings (SSSR count). The molecule has 4 nitrogen and oxygen atoms in total. The number of rotatable bonds is 6. The van der Waals surface area contributed by atoms with E-state index in [0.717, 1.165) is 18.7 Å². The number of aromatic hydroxyl groups is 1. The molecule has 102 valence electrons. The molecule has 18 heavy (non-hydrogen) atoms. The van der Waals surface area contributed by atoms with Crippen LogP contribution in [0.5, 0.6) is 11.5 Å². The van der Waals surface area contributed by atoms with Crippen LogP contribution in [0.1, 0.15) is 26.3 Å². The first-order valence-corrected chi connectivity index (χ1v) is 6.34. The molecule has 0 aliphatic heterocycles. The predicted molar refractivity (Wildman–Crippen MR) is 73.9 cm³/mol. The molecule has 0 bridgehead atoms. The van der Waals surface area contributed by atoms with Gasteiger partial charge in [0.2, 0.25) is 0 Å². The summed E-state index contributed by atoms with van der Waals surface area (Å²) in [6.07, 6.45) is 0.714. The first-order valence-electron chi connectivity index (χ1n) is 6.34. The first kappa shape index (κ1) is 14.8. The Morgan fingerprint density at radius 3 is 2.44 bits per heavy atom. The van der Waals surface area contributed by atoms with Crippen molar-refractivity contribution in [3.63, 3.8) is 0 Å². The summed E-state index contributed by atoms with van der Waals surface area (Å²) < 4.78 is 5.11. The van der Waals surface area contributed by atoms with Crippen molar-refractivity contribution in [3.8, 4) is 11.5 Å². The molecule has 1 unspecified atom stereocenters. The van der Waals surface area contributed by atoms with Crippen LogP contribution >= 0.6 is 0 Å². The Hall–Kier alpha value is -1.26. The molecule has 1 aromatic rings. The van der Waals surface area contributed by atoms with Gasteiger partial charge >= 0.3 is 0 Å². The van der Waals surface area contributed by atoms with Gasteiger partial charge in [-0.3, -0.25) is 4.90 Å². The predicted octanol–water partition coefficient (Wildman–Crippen LogP) is 1.96. The Morgan fingerprint density at radius 1 is 1.33 bits per heavy atom. The van der Waals surface area contributed by atoms with E-state index in [0.29, 0.717) is 12.2 Å². The van der Waals surface area contributed by atoms with Gasteiger partial charge in [0.05, 0.1) is 12.8 Å². The Balaban J connectivity index is 2.89. The van der Waals surface area contributed by atoms with Gasteiger partial charge in [-0.25, -0.2) is 0 Å². The van der Waals surface area contributed by atoms with Crippen molar-refractivity contribution in [2.75, 3.05) is 20.2 Å². The molecule has 0 saturated heterocycles. The molecular formula is C14H24N2O2. The monoisotopic (exact) mass is 252 g/mol. The van der Waals surface area contributed by atoms with E-state index < -0.39 is 5.66 Å². The fourth-order valence-electron chi connectivity index (χ4n) is 2.30. The van der Waals surface area contributed by atoms with Gasteiger partial charge in [0, 0.05) is 6.42 Å². The van der Waals surface area contributed by atoms with Gasteiger partial charge in [-0.05, 0) is 37.7 Å². The summed E-state index contributed by atoms with van der Waals surface area (Å²) in [5, 5.41) is 9.57. The van der Waals surface area contributed by atoms with Crippen molar-refractivity contribution in [1.82, 2.24) is 4.90 Å². The second-order valence-electron chi connectivity index (χ2n) is 4.71. The van der Waals surface area contributed by atoms with Crippen molar-refractivity contribution in [2.45, 2.75) is 32.9 Å². The lowest BCUT2D eigenvalue weighted by Crippen LogP contribution is -2.55. The van der Waals surface area contributed by atoms with Gasteiger partial charge in [0.25, 0.3) is 0 Å². The third kappa shape index (κ3) is 3.37. The van der Waals surface area contributed by atoms with E-state index in [1.807, 2.05) is 19.1 Å². The van der Waals surface area contributed by atoms with Crippen LogP contribution in [-0.4, -0.2) is 35.9 Å². The summed E-state index contributed by atoms with van der Waals surface area (Å²) in [5.41, 5.74) is 7.03. The second-order valence-corrected chi connectivity index (χ2v) is 4.71. The van der Waals surface area contributed by atoms with Crippen LogP contribution in [0.3, 0.4) is 0 Å². The lowest BCUT2D eigenvalue weighted by Gasteiger charge is -2.37. The highest BCUT2D eigenvalue weighted by atomic mass is 16.5. The summed E-state index contributed by atoms with van der Waals surface area (Å²) in [4.78, 5) is 2.21. The van der Waals surface area contributed by atoms with Gasteiger partial charge < -0.3 is 15.6 Å². The van der Waals surface area contributed by atoms with Crippen LogP contribution in [0.2, 0.25) is 0 Å². The third-order valence-corrected chi connectivity index (χ3v) is 3.29. The maximum Gasteiger partial charge on any atom is 0.160 e. The quantitative estimate of drug-likeness (QED) is 0.760. The summed E-state index contributed by atoms with van der Waals surface area (Å²) in [6.45, 7) is 8.06. The van der Waals surface area contributed by atoms with Crippen LogP contribution in [0.4, 0.5) is 0 Å². The molecule has 0 aromatic heterocycles. The van der Waals surface area contributed by atoms with Crippen molar-refractivity contribution in [2.24, 2.45) is 5.73 Å². The third-order valence-electron chi connectivity index (χ3n) is 3.29. The molecule has 1 aromatic carbocycles. The van der Waals surface area contributed by atoms with E-state index in [9.17, 15) is 5.11 Å². The molecule has 4 heteroatoms. The molecule has 1 atom stereocenters. The first-order chi connectivity index (χ1) is 8.44. The van der Waals surface area contributed by atoms with Crippen molar-refractivity contribution >= 4 is 0 Å². The molecule has 0 radical (unpaired) electrons. The van der Waals surface area contributed by atoms with E-state index in [4.69, 9.17) is 10.5 Å². The number of phenolic OH excluding ortho intramolecular Hbond substituents is 1. The fourth-order valence-corrected chi connectivity index (χ4v) is 2.30. The molecule has 0 fully saturated rings. The molecule has 3 N–H and O–H groups in total. The van der Waals surface area contributed by atoms with Crippen molar-refractivity contribution in [3.05, 3.63) is 23.8 Å². The molecule has 0 saturated carbocycles. The Bertz CT molecular complexity index is 387. The number of nitrogens with two attached hydrogens (primary N) is 1. The van der Waals surface area contributed by atoms with Crippen molar-refractivity contribution in [1.29, 1.82) is 0 Å². The molecule has 0 heterocycles. The summed E-state index contributed by atoms with van der Waals surface area (Å²) >= 11 is 0. The Labute approximate surface area is 109 Å². The zero-order chi connectivity index (χ0) is 13.8. The maximum atomic E-state index is 9.57. The van der Waals surface area contributed by atoms with Gasteiger partial charge in [0.15, 0.2) is 11.5 Å². The lowest BCUT2D eigenvalue weighted by molar-refractivity contribution is 0.123. The Morgan fingerprint density at radius 2 is 1.94 bits per heavy atom. The highest BCUT2D eigenvalue weighted by Crippen LogP contribution is 2.28. The number of phenols is 1. The van der Waals surface area contributed by atoms with Crippen LogP contribution in [-0.2, 0) is 6.42 Å². The van der Waals surface area contributed by atoms with E-state index >= 15 is 0 Å². The normalized spacial score (nSPS) is 14.6. The van der Waals surface area contributed by atoms with Gasteiger partial charge in [0.1, 0.15) is 0 Å². The topological polar surface area (TPSA) is 58.7 Å². The molecular weight excluding hydrogens is 228 g/mol. The molecule has 0 spiro atoms. The Kier molecular flexibility index (Phi) is 4.99. The maximum absolute atomic E-state index is 9.57. The second kappa shape index (κ2) is 6.07. The van der Waals surface area contributed by atoms with Gasteiger partial charge in [-0.2, -0.15) is 0 Å². The minimum absolute atomic E-state index is 0.155. The minimum Gasteiger partial charge on any atom is -0.504 e.